The van der Waals surface area contributed by atoms with Crippen LogP contribution in [0.4, 0.5) is 0 Å². The number of hydrogen-bond donors (Lipinski definition) is 1. The number of aromatic amines is 1. The van der Waals surface area contributed by atoms with Gasteiger partial charge in [-0.1, -0.05) is 0 Å². The predicted octanol–water partition coefficient (Wildman–Crippen LogP) is 3.66. The number of nitrogens with one attached hydrogen (secondary N) is 1. The first-order valence-corrected chi connectivity index (χ1v) is 9.70. The minimum Gasteiger partial charge on any atom is -0.493 e. The first-order chi connectivity index (χ1) is 13.7. The fourth-order valence-corrected chi connectivity index (χ4v) is 4.12. The fourth-order valence-electron chi connectivity index (χ4n) is 4.12. The highest BCUT2D eigenvalue weighted by atomic mass is 16.5. The van der Waals surface area contributed by atoms with E-state index in [-0.39, 0.29) is 6.04 Å². The second kappa shape index (κ2) is 7.92. The molecule has 1 N–H and O–H groups in total. The van der Waals surface area contributed by atoms with Crippen LogP contribution in [0.3, 0.4) is 0 Å². The zero-order chi connectivity index (χ0) is 19.5. The number of carbonyl (C=O) groups is 1. The molecule has 1 amide bonds. The van der Waals surface area contributed by atoms with Crippen molar-refractivity contribution in [1.29, 1.82) is 0 Å². The Kier molecular flexibility index (Phi) is 5.19. The van der Waals surface area contributed by atoms with E-state index in [1.165, 1.54) is 11.1 Å². The van der Waals surface area contributed by atoms with Gasteiger partial charge in [0.15, 0.2) is 11.5 Å². The predicted molar refractivity (Wildman–Crippen MR) is 108 cm³/mol. The molecule has 3 heterocycles. The molecule has 0 unspecified atom stereocenters. The van der Waals surface area contributed by atoms with E-state index in [9.17, 15) is 4.79 Å². The van der Waals surface area contributed by atoms with Gasteiger partial charge in [-0.15, -0.1) is 0 Å². The first-order valence-electron chi connectivity index (χ1n) is 9.70. The third kappa shape index (κ3) is 3.30. The zero-order valence-corrected chi connectivity index (χ0v) is 16.3. The summed E-state index contributed by atoms with van der Waals surface area (Å²) in [6.45, 7) is 3.24. The quantitative estimate of drug-likeness (QED) is 0.636. The van der Waals surface area contributed by atoms with Gasteiger partial charge >= 0.3 is 0 Å². The van der Waals surface area contributed by atoms with Gasteiger partial charge in [-0.2, -0.15) is 0 Å². The monoisotopic (exact) mass is 379 g/mol. The Hall–Kier alpha value is -3.02. The van der Waals surface area contributed by atoms with Gasteiger partial charge in [-0.25, -0.2) is 4.98 Å². The number of ether oxygens (including phenoxy) is 2. The van der Waals surface area contributed by atoms with E-state index in [1.807, 2.05) is 24.1 Å². The lowest BCUT2D eigenvalue weighted by Gasteiger charge is -2.35. The number of rotatable bonds is 7. The number of H-pyrrole nitrogens is 1. The summed E-state index contributed by atoms with van der Waals surface area (Å²) >= 11 is 0. The van der Waals surface area contributed by atoms with Crippen molar-refractivity contribution in [3.63, 3.8) is 0 Å². The Labute approximate surface area is 164 Å². The number of fused-ring (bicyclic) bond motifs is 2. The minimum atomic E-state index is 0.0213. The van der Waals surface area contributed by atoms with Crippen molar-refractivity contribution in [3.05, 3.63) is 53.3 Å². The Balaban J connectivity index is 1.65. The molecular weight excluding hydrogens is 354 g/mol. The number of benzene rings is 1. The van der Waals surface area contributed by atoms with Crippen LogP contribution in [0.25, 0.3) is 11.0 Å². The van der Waals surface area contributed by atoms with Gasteiger partial charge in [0.2, 0.25) is 6.41 Å². The Morgan fingerprint density at radius 2 is 2.25 bits per heavy atom. The number of aromatic nitrogens is 2. The van der Waals surface area contributed by atoms with Crippen LogP contribution in [0, 0.1) is 0 Å². The standard InChI is InChI=1S/C22H25N3O3/c1-3-28-21-12-18-15(11-20(21)27-2)8-10-25(14-26)19(18)7-6-16-13-24-22-17(16)5-4-9-23-22/h4-5,9,11-14,19H,3,6-8,10H2,1-2H3,(H,23,24)/t19-/m1/s1. The largest absolute Gasteiger partial charge is 0.493 e. The number of pyridine rings is 1. The van der Waals surface area contributed by atoms with Gasteiger partial charge in [0.25, 0.3) is 0 Å². The summed E-state index contributed by atoms with van der Waals surface area (Å²) in [6.07, 6.45) is 7.30. The Morgan fingerprint density at radius 3 is 3.04 bits per heavy atom. The van der Waals surface area contributed by atoms with Gasteiger partial charge in [-0.3, -0.25) is 4.79 Å². The highest BCUT2D eigenvalue weighted by Crippen LogP contribution is 2.39. The minimum absolute atomic E-state index is 0.0213. The van der Waals surface area contributed by atoms with Gasteiger partial charge in [0.1, 0.15) is 5.65 Å². The van der Waals surface area contributed by atoms with E-state index in [1.54, 1.807) is 13.3 Å². The lowest BCUT2D eigenvalue weighted by Crippen LogP contribution is -2.34. The van der Waals surface area contributed by atoms with Crippen molar-refractivity contribution < 1.29 is 14.3 Å². The van der Waals surface area contributed by atoms with Crippen molar-refractivity contribution in [2.24, 2.45) is 0 Å². The van der Waals surface area contributed by atoms with Crippen LogP contribution in [-0.2, 0) is 17.6 Å². The summed E-state index contributed by atoms with van der Waals surface area (Å²) in [7, 11) is 1.66. The van der Waals surface area contributed by atoms with E-state index in [0.29, 0.717) is 13.2 Å². The molecule has 4 rings (SSSR count). The van der Waals surface area contributed by atoms with E-state index in [0.717, 1.165) is 53.8 Å². The van der Waals surface area contributed by atoms with Gasteiger partial charge < -0.3 is 19.4 Å². The summed E-state index contributed by atoms with van der Waals surface area (Å²) in [6, 6.07) is 8.17. The molecule has 0 saturated heterocycles. The third-order valence-corrected chi connectivity index (χ3v) is 5.48. The number of amides is 1. The summed E-state index contributed by atoms with van der Waals surface area (Å²) in [5.41, 5.74) is 4.50. The molecule has 1 aliphatic heterocycles. The lowest BCUT2D eigenvalue weighted by atomic mass is 9.89. The van der Waals surface area contributed by atoms with Gasteiger partial charge in [0.05, 0.1) is 19.8 Å². The maximum atomic E-state index is 11.7. The number of nitrogens with zero attached hydrogens (tertiary/aromatic N) is 2. The smallest absolute Gasteiger partial charge is 0.210 e. The van der Waals surface area contributed by atoms with Crippen molar-refractivity contribution >= 4 is 17.4 Å². The van der Waals surface area contributed by atoms with Crippen LogP contribution in [0.1, 0.15) is 36.1 Å². The van der Waals surface area contributed by atoms with Crippen LogP contribution in [0.15, 0.2) is 36.7 Å². The number of carbonyl (C=O) groups excluding carboxylic acids is 1. The molecule has 0 spiro atoms. The summed E-state index contributed by atoms with van der Waals surface area (Å²) < 4.78 is 11.3. The average molecular weight is 379 g/mol. The van der Waals surface area contributed by atoms with Gasteiger partial charge in [-0.05, 0) is 67.1 Å². The third-order valence-electron chi connectivity index (χ3n) is 5.48. The summed E-state index contributed by atoms with van der Waals surface area (Å²) in [5, 5.41) is 1.14. The van der Waals surface area contributed by atoms with E-state index in [4.69, 9.17) is 9.47 Å². The second-order valence-electron chi connectivity index (χ2n) is 7.00. The molecule has 146 valence electrons. The highest BCUT2D eigenvalue weighted by Gasteiger charge is 2.28. The molecule has 0 fully saturated rings. The maximum absolute atomic E-state index is 11.7. The van der Waals surface area contributed by atoms with Crippen molar-refractivity contribution in [2.75, 3.05) is 20.3 Å². The lowest BCUT2D eigenvalue weighted by molar-refractivity contribution is -0.120. The molecule has 0 bridgehead atoms. The molecule has 3 aromatic rings. The maximum Gasteiger partial charge on any atom is 0.210 e. The normalized spacial score (nSPS) is 16.1. The molecule has 2 aromatic heterocycles. The van der Waals surface area contributed by atoms with Crippen LogP contribution in [0.5, 0.6) is 11.5 Å². The van der Waals surface area contributed by atoms with Crippen LogP contribution in [-0.4, -0.2) is 41.5 Å². The molecule has 1 atom stereocenters. The van der Waals surface area contributed by atoms with E-state index in [2.05, 4.69) is 28.2 Å². The van der Waals surface area contributed by atoms with E-state index < -0.39 is 0 Å². The number of hydrogen-bond acceptors (Lipinski definition) is 4. The molecule has 0 aliphatic carbocycles. The molecular formula is C22H25N3O3. The van der Waals surface area contributed by atoms with Crippen LogP contribution in [0.2, 0.25) is 0 Å². The average Bonchev–Trinajstić information content (AvgIpc) is 3.15. The van der Waals surface area contributed by atoms with Crippen LogP contribution >= 0.6 is 0 Å². The SMILES string of the molecule is CCOc1cc2c(cc1OC)CCN(C=O)[C@@H]2CCc1c[nH]c2ncccc12. The molecule has 0 saturated carbocycles. The van der Waals surface area contributed by atoms with Crippen molar-refractivity contribution in [3.8, 4) is 11.5 Å². The first kappa shape index (κ1) is 18.3. The molecule has 28 heavy (non-hydrogen) atoms. The van der Waals surface area contributed by atoms with Crippen LogP contribution < -0.4 is 9.47 Å². The molecule has 0 radical (unpaired) electrons. The van der Waals surface area contributed by atoms with Gasteiger partial charge in [0, 0.05) is 24.3 Å². The number of aryl methyl sites for hydroxylation is 1. The summed E-state index contributed by atoms with van der Waals surface area (Å²) in [4.78, 5) is 21.2. The topological polar surface area (TPSA) is 67.5 Å². The second-order valence-corrected chi connectivity index (χ2v) is 7.00. The Morgan fingerprint density at radius 1 is 1.36 bits per heavy atom. The van der Waals surface area contributed by atoms with Crippen molar-refractivity contribution in [1.82, 2.24) is 14.9 Å². The number of methoxy groups -OCH3 is 1. The molecule has 6 nitrogen and oxygen atoms in total. The fraction of sp³-hybridized carbons (Fsp3) is 0.364. The zero-order valence-electron chi connectivity index (χ0n) is 16.3. The van der Waals surface area contributed by atoms with E-state index >= 15 is 0 Å². The Bertz CT molecular complexity index is 982. The van der Waals surface area contributed by atoms with Crippen molar-refractivity contribution in [2.45, 2.75) is 32.2 Å². The molecule has 1 aromatic carbocycles. The molecule has 6 heteroatoms. The molecule has 1 aliphatic rings. The highest BCUT2D eigenvalue weighted by molar-refractivity contribution is 5.79. The summed E-state index contributed by atoms with van der Waals surface area (Å²) in [5.74, 6) is 1.49.